The molecule has 16 heavy (non-hydrogen) atoms. The van der Waals surface area contributed by atoms with Crippen molar-refractivity contribution in [1.82, 2.24) is 14.8 Å². The summed E-state index contributed by atoms with van der Waals surface area (Å²) in [5.74, 6) is 0.646. The van der Waals surface area contributed by atoms with Crippen LogP contribution < -0.4 is 5.32 Å². The van der Waals surface area contributed by atoms with Crippen LogP contribution in [0, 0.1) is 0 Å². The Morgan fingerprint density at radius 1 is 1.44 bits per heavy atom. The largest absolute Gasteiger partial charge is 0.336 e. The molecule has 84 valence electrons. The standard InChI is InChI=1S/C11H13ClN4/c1-8(2)16-7-9(6-14-16)15-11-10(12)4-3-5-13-11/h3-8H,1-2H3,(H,13,15). The number of halogens is 1. The molecule has 0 aliphatic heterocycles. The average Bonchev–Trinajstić information content (AvgIpc) is 2.70. The summed E-state index contributed by atoms with van der Waals surface area (Å²) in [5.41, 5.74) is 0.884. The highest BCUT2D eigenvalue weighted by Crippen LogP contribution is 2.22. The fourth-order valence-corrected chi connectivity index (χ4v) is 1.47. The van der Waals surface area contributed by atoms with E-state index in [0.29, 0.717) is 16.9 Å². The topological polar surface area (TPSA) is 42.7 Å². The smallest absolute Gasteiger partial charge is 0.149 e. The van der Waals surface area contributed by atoms with Crippen molar-refractivity contribution in [3.05, 3.63) is 35.7 Å². The van der Waals surface area contributed by atoms with Gasteiger partial charge in [-0.2, -0.15) is 5.10 Å². The van der Waals surface area contributed by atoms with Crippen molar-refractivity contribution < 1.29 is 0 Å². The number of aromatic nitrogens is 3. The first-order valence-corrected chi connectivity index (χ1v) is 5.46. The van der Waals surface area contributed by atoms with Crippen LogP contribution >= 0.6 is 11.6 Å². The molecular weight excluding hydrogens is 224 g/mol. The molecule has 0 aliphatic carbocycles. The van der Waals surface area contributed by atoms with E-state index in [-0.39, 0.29) is 0 Å². The van der Waals surface area contributed by atoms with Crippen molar-refractivity contribution in [3.8, 4) is 0 Å². The van der Waals surface area contributed by atoms with Gasteiger partial charge < -0.3 is 5.32 Å². The quantitative estimate of drug-likeness (QED) is 0.890. The summed E-state index contributed by atoms with van der Waals surface area (Å²) in [5, 5.41) is 7.94. The molecule has 0 spiro atoms. The van der Waals surface area contributed by atoms with Gasteiger partial charge in [0.1, 0.15) is 5.82 Å². The minimum absolute atomic E-state index is 0.342. The number of hydrogen-bond donors (Lipinski definition) is 1. The Labute approximate surface area is 99.3 Å². The highest BCUT2D eigenvalue weighted by molar-refractivity contribution is 6.33. The van der Waals surface area contributed by atoms with Crippen LogP contribution in [0.5, 0.6) is 0 Å². The van der Waals surface area contributed by atoms with Gasteiger partial charge in [-0.25, -0.2) is 4.98 Å². The van der Waals surface area contributed by atoms with Crippen LogP contribution in [-0.4, -0.2) is 14.8 Å². The molecule has 0 amide bonds. The molecule has 0 atom stereocenters. The molecule has 0 fully saturated rings. The highest BCUT2D eigenvalue weighted by atomic mass is 35.5. The van der Waals surface area contributed by atoms with Gasteiger partial charge in [0.25, 0.3) is 0 Å². The predicted octanol–water partition coefficient (Wildman–Crippen LogP) is 3.26. The number of hydrogen-bond acceptors (Lipinski definition) is 3. The fraction of sp³-hybridized carbons (Fsp3) is 0.273. The summed E-state index contributed by atoms with van der Waals surface area (Å²) >= 11 is 5.99. The lowest BCUT2D eigenvalue weighted by atomic mass is 10.4. The van der Waals surface area contributed by atoms with Crippen molar-refractivity contribution >= 4 is 23.1 Å². The van der Waals surface area contributed by atoms with Gasteiger partial charge in [0.05, 0.1) is 16.9 Å². The number of pyridine rings is 1. The second kappa shape index (κ2) is 4.53. The maximum absolute atomic E-state index is 5.99. The molecule has 0 saturated carbocycles. The third-order valence-corrected chi connectivity index (χ3v) is 2.46. The third-order valence-electron chi connectivity index (χ3n) is 2.15. The van der Waals surface area contributed by atoms with Gasteiger partial charge in [-0.05, 0) is 26.0 Å². The van der Waals surface area contributed by atoms with Gasteiger partial charge in [-0.3, -0.25) is 4.68 Å². The minimum Gasteiger partial charge on any atom is -0.336 e. The number of anilines is 2. The van der Waals surface area contributed by atoms with Crippen LogP contribution in [0.4, 0.5) is 11.5 Å². The summed E-state index contributed by atoms with van der Waals surface area (Å²) in [6.45, 7) is 4.15. The molecule has 0 bridgehead atoms. The van der Waals surface area contributed by atoms with Gasteiger partial charge >= 0.3 is 0 Å². The molecule has 4 nitrogen and oxygen atoms in total. The first-order valence-electron chi connectivity index (χ1n) is 5.08. The molecular formula is C11H13ClN4. The van der Waals surface area contributed by atoms with Gasteiger partial charge in [-0.15, -0.1) is 0 Å². The molecule has 2 heterocycles. The molecule has 0 radical (unpaired) electrons. The molecule has 1 N–H and O–H groups in total. The number of nitrogens with zero attached hydrogens (tertiary/aromatic N) is 3. The van der Waals surface area contributed by atoms with Gasteiger partial charge in [0, 0.05) is 18.4 Å². The van der Waals surface area contributed by atoms with E-state index in [2.05, 4.69) is 29.2 Å². The zero-order valence-corrected chi connectivity index (χ0v) is 9.94. The Morgan fingerprint density at radius 3 is 2.88 bits per heavy atom. The first-order chi connectivity index (χ1) is 7.66. The summed E-state index contributed by atoms with van der Waals surface area (Å²) in [6.07, 6.45) is 5.38. The fourth-order valence-electron chi connectivity index (χ4n) is 1.30. The van der Waals surface area contributed by atoms with Crippen LogP contribution in [0.2, 0.25) is 5.02 Å². The first kappa shape index (κ1) is 11.0. The molecule has 5 heteroatoms. The third kappa shape index (κ3) is 2.33. The molecule has 2 rings (SSSR count). The van der Waals surface area contributed by atoms with E-state index in [1.165, 1.54) is 0 Å². The summed E-state index contributed by atoms with van der Waals surface area (Å²) < 4.78 is 1.87. The predicted molar refractivity (Wildman–Crippen MR) is 65.1 cm³/mol. The van der Waals surface area contributed by atoms with Crippen molar-refractivity contribution in [1.29, 1.82) is 0 Å². The average molecular weight is 237 g/mol. The zero-order valence-electron chi connectivity index (χ0n) is 9.18. The van der Waals surface area contributed by atoms with Crippen LogP contribution in [0.1, 0.15) is 19.9 Å². The second-order valence-electron chi connectivity index (χ2n) is 3.76. The summed E-state index contributed by atoms with van der Waals surface area (Å²) in [6, 6.07) is 3.93. The lowest BCUT2D eigenvalue weighted by molar-refractivity contribution is 0.532. The molecule has 0 unspecified atom stereocenters. The highest BCUT2D eigenvalue weighted by Gasteiger charge is 2.04. The summed E-state index contributed by atoms with van der Waals surface area (Å²) in [7, 11) is 0. The molecule has 0 saturated heterocycles. The van der Waals surface area contributed by atoms with Crippen LogP contribution in [-0.2, 0) is 0 Å². The van der Waals surface area contributed by atoms with Crippen LogP contribution in [0.25, 0.3) is 0 Å². The maximum Gasteiger partial charge on any atom is 0.149 e. The van der Waals surface area contributed by atoms with Gasteiger partial charge in [0.2, 0.25) is 0 Å². The minimum atomic E-state index is 0.342. The SMILES string of the molecule is CC(C)n1cc(Nc2ncccc2Cl)cn1. The van der Waals surface area contributed by atoms with E-state index in [9.17, 15) is 0 Å². The van der Waals surface area contributed by atoms with Crippen molar-refractivity contribution in [2.24, 2.45) is 0 Å². The second-order valence-corrected chi connectivity index (χ2v) is 4.17. The molecule has 0 aliphatic rings. The van der Waals surface area contributed by atoms with E-state index in [4.69, 9.17) is 11.6 Å². The van der Waals surface area contributed by atoms with E-state index >= 15 is 0 Å². The Bertz CT molecular complexity index is 478. The Balaban J connectivity index is 2.18. The van der Waals surface area contributed by atoms with Crippen molar-refractivity contribution in [3.63, 3.8) is 0 Å². The molecule has 0 aromatic carbocycles. The van der Waals surface area contributed by atoms with E-state index in [1.54, 1.807) is 24.5 Å². The lowest BCUT2D eigenvalue weighted by Crippen LogP contribution is -2.00. The molecule has 2 aromatic rings. The van der Waals surface area contributed by atoms with E-state index in [0.717, 1.165) is 5.69 Å². The maximum atomic E-state index is 5.99. The van der Waals surface area contributed by atoms with Gasteiger partial charge in [0.15, 0.2) is 0 Å². The van der Waals surface area contributed by atoms with E-state index < -0.39 is 0 Å². The Hall–Kier alpha value is -1.55. The number of nitrogens with one attached hydrogen (secondary N) is 1. The van der Waals surface area contributed by atoms with Crippen molar-refractivity contribution in [2.75, 3.05) is 5.32 Å². The lowest BCUT2D eigenvalue weighted by Gasteiger charge is -2.05. The summed E-state index contributed by atoms with van der Waals surface area (Å²) in [4.78, 5) is 4.15. The monoisotopic (exact) mass is 236 g/mol. The normalized spacial score (nSPS) is 10.8. The van der Waals surface area contributed by atoms with Crippen LogP contribution in [0.15, 0.2) is 30.7 Å². The Morgan fingerprint density at radius 2 is 2.25 bits per heavy atom. The Kier molecular flexibility index (Phi) is 3.10. The van der Waals surface area contributed by atoms with Gasteiger partial charge in [-0.1, -0.05) is 11.6 Å². The number of rotatable bonds is 3. The van der Waals surface area contributed by atoms with Crippen molar-refractivity contribution in [2.45, 2.75) is 19.9 Å². The zero-order chi connectivity index (χ0) is 11.5. The molecule has 2 aromatic heterocycles. The van der Waals surface area contributed by atoms with Crippen LogP contribution in [0.3, 0.4) is 0 Å². The van der Waals surface area contributed by atoms with E-state index in [1.807, 2.05) is 10.9 Å².